The number of piperidine rings is 1. The lowest BCUT2D eigenvalue weighted by Crippen LogP contribution is -2.44. The van der Waals surface area contributed by atoms with Crippen molar-refractivity contribution in [2.45, 2.75) is 25.8 Å². The minimum absolute atomic E-state index is 0.000298. The summed E-state index contributed by atoms with van der Waals surface area (Å²) >= 11 is 5.88. The fraction of sp³-hybridized carbons (Fsp3) is 0.500. The van der Waals surface area contributed by atoms with E-state index in [-0.39, 0.29) is 36.0 Å². The van der Waals surface area contributed by atoms with Crippen molar-refractivity contribution < 1.29 is 14.4 Å². The summed E-state index contributed by atoms with van der Waals surface area (Å²) in [7, 11) is 0. The number of carbonyl (C=O) groups is 3. The molecule has 0 unspecified atom stereocenters. The van der Waals surface area contributed by atoms with Crippen LogP contribution in [-0.2, 0) is 20.9 Å². The molecule has 2 aliphatic rings. The summed E-state index contributed by atoms with van der Waals surface area (Å²) in [6.07, 6.45) is 1.47. The Balaban J connectivity index is 1.56. The van der Waals surface area contributed by atoms with Crippen LogP contribution >= 0.6 is 11.6 Å². The highest BCUT2D eigenvalue weighted by molar-refractivity contribution is 6.30. The van der Waals surface area contributed by atoms with Crippen LogP contribution in [-0.4, -0.2) is 47.2 Å². The van der Waals surface area contributed by atoms with Crippen molar-refractivity contribution in [3.8, 4) is 0 Å². The molecule has 0 bridgehead atoms. The van der Waals surface area contributed by atoms with E-state index in [4.69, 9.17) is 17.3 Å². The van der Waals surface area contributed by atoms with E-state index < -0.39 is 0 Å². The van der Waals surface area contributed by atoms with Crippen LogP contribution in [0.5, 0.6) is 0 Å². The molecule has 0 radical (unpaired) electrons. The number of carbonyl (C=O) groups excluding carboxylic acids is 3. The molecule has 0 aromatic heterocycles. The fourth-order valence-corrected chi connectivity index (χ4v) is 3.67. The van der Waals surface area contributed by atoms with Gasteiger partial charge in [-0.25, -0.2) is 0 Å². The molecule has 2 fully saturated rings. The Morgan fingerprint density at radius 1 is 1.12 bits per heavy atom. The largest absolute Gasteiger partial charge is 0.369 e. The second kappa shape index (κ2) is 7.44. The Morgan fingerprint density at radius 3 is 2.36 bits per heavy atom. The Hall–Kier alpha value is -2.08. The molecule has 2 aliphatic heterocycles. The molecule has 1 atom stereocenters. The summed E-state index contributed by atoms with van der Waals surface area (Å²) in [5.41, 5.74) is 6.32. The first kappa shape index (κ1) is 17.7. The van der Waals surface area contributed by atoms with Gasteiger partial charge in [0.2, 0.25) is 17.7 Å². The predicted octanol–water partition coefficient (Wildman–Crippen LogP) is 1.41. The highest BCUT2D eigenvalue weighted by Gasteiger charge is 2.37. The summed E-state index contributed by atoms with van der Waals surface area (Å²) in [6, 6.07) is 7.37. The molecular formula is C18H22ClN3O3. The van der Waals surface area contributed by atoms with Gasteiger partial charge in [-0.15, -0.1) is 0 Å². The molecule has 1 aromatic rings. The molecule has 134 valence electrons. The topological polar surface area (TPSA) is 83.7 Å². The van der Waals surface area contributed by atoms with Crippen molar-refractivity contribution in [2.75, 3.05) is 19.6 Å². The number of nitrogens with two attached hydrogens (primary N) is 1. The first-order chi connectivity index (χ1) is 11.9. The molecule has 2 N–H and O–H groups in total. The van der Waals surface area contributed by atoms with Crippen molar-refractivity contribution in [3.63, 3.8) is 0 Å². The van der Waals surface area contributed by atoms with Crippen molar-refractivity contribution in [1.82, 2.24) is 9.80 Å². The lowest BCUT2D eigenvalue weighted by atomic mass is 9.95. The normalized spacial score (nSPS) is 21.6. The van der Waals surface area contributed by atoms with Gasteiger partial charge in [0.15, 0.2) is 0 Å². The van der Waals surface area contributed by atoms with Crippen LogP contribution in [0.25, 0.3) is 0 Å². The zero-order chi connectivity index (χ0) is 18.0. The van der Waals surface area contributed by atoms with Gasteiger partial charge in [-0.1, -0.05) is 23.7 Å². The van der Waals surface area contributed by atoms with E-state index in [2.05, 4.69) is 0 Å². The maximum Gasteiger partial charge on any atom is 0.227 e. The number of hydrogen-bond acceptors (Lipinski definition) is 3. The first-order valence-electron chi connectivity index (χ1n) is 8.54. The molecule has 25 heavy (non-hydrogen) atoms. The molecule has 6 nitrogen and oxygen atoms in total. The molecular weight excluding hydrogens is 342 g/mol. The molecule has 3 rings (SSSR count). The van der Waals surface area contributed by atoms with Crippen LogP contribution in [0.15, 0.2) is 24.3 Å². The monoisotopic (exact) mass is 363 g/mol. The molecule has 0 spiro atoms. The van der Waals surface area contributed by atoms with E-state index >= 15 is 0 Å². The number of likely N-dealkylation sites (tertiary alicyclic amines) is 2. The highest BCUT2D eigenvalue weighted by Crippen LogP contribution is 2.25. The summed E-state index contributed by atoms with van der Waals surface area (Å²) in [5.74, 6) is -0.729. The Morgan fingerprint density at radius 2 is 1.76 bits per heavy atom. The molecule has 0 aliphatic carbocycles. The SMILES string of the molecule is NC(=O)C1CCN(C(=O)[C@H]2CC(=O)N(Cc3ccc(Cl)cc3)C2)CC1. The summed E-state index contributed by atoms with van der Waals surface area (Å²) in [6.45, 7) is 2.00. The van der Waals surface area contributed by atoms with E-state index in [1.165, 1.54) is 0 Å². The predicted molar refractivity (Wildman–Crippen MR) is 93.5 cm³/mol. The van der Waals surface area contributed by atoms with Gasteiger partial charge in [0.05, 0.1) is 5.92 Å². The number of nitrogens with zero attached hydrogens (tertiary/aromatic N) is 2. The third-order valence-corrected chi connectivity index (χ3v) is 5.31. The van der Waals surface area contributed by atoms with Crippen molar-refractivity contribution in [1.29, 1.82) is 0 Å². The highest BCUT2D eigenvalue weighted by atomic mass is 35.5. The smallest absolute Gasteiger partial charge is 0.227 e. The van der Waals surface area contributed by atoms with Gasteiger partial charge in [0.1, 0.15) is 0 Å². The van der Waals surface area contributed by atoms with Crippen molar-refractivity contribution in [2.24, 2.45) is 17.6 Å². The first-order valence-corrected chi connectivity index (χ1v) is 8.92. The van der Waals surface area contributed by atoms with E-state index in [0.29, 0.717) is 44.0 Å². The lowest BCUT2D eigenvalue weighted by Gasteiger charge is -2.32. The Labute approximate surface area is 151 Å². The van der Waals surface area contributed by atoms with Crippen molar-refractivity contribution >= 4 is 29.3 Å². The lowest BCUT2D eigenvalue weighted by molar-refractivity contribution is -0.138. The average Bonchev–Trinajstić information content (AvgIpc) is 2.97. The zero-order valence-corrected chi connectivity index (χ0v) is 14.7. The quantitative estimate of drug-likeness (QED) is 0.877. The summed E-state index contributed by atoms with van der Waals surface area (Å²) < 4.78 is 0. The van der Waals surface area contributed by atoms with Crippen molar-refractivity contribution in [3.05, 3.63) is 34.9 Å². The maximum absolute atomic E-state index is 12.7. The number of benzene rings is 1. The number of hydrogen-bond donors (Lipinski definition) is 1. The maximum atomic E-state index is 12.7. The van der Waals surface area contributed by atoms with E-state index in [1.807, 2.05) is 12.1 Å². The van der Waals surface area contributed by atoms with Gasteiger partial charge in [-0.05, 0) is 30.5 Å². The number of primary amides is 1. The van der Waals surface area contributed by atoms with Crippen LogP contribution in [0.2, 0.25) is 5.02 Å². The Kier molecular flexibility index (Phi) is 5.27. The molecule has 7 heteroatoms. The van der Waals surface area contributed by atoms with Crippen LogP contribution < -0.4 is 5.73 Å². The minimum Gasteiger partial charge on any atom is -0.369 e. The van der Waals surface area contributed by atoms with Crippen LogP contribution in [0, 0.1) is 11.8 Å². The Bertz CT molecular complexity index is 669. The van der Waals surface area contributed by atoms with Crippen LogP contribution in [0.3, 0.4) is 0 Å². The number of rotatable bonds is 4. The van der Waals surface area contributed by atoms with E-state index in [9.17, 15) is 14.4 Å². The molecule has 1 aromatic carbocycles. The fourth-order valence-electron chi connectivity index (χ4n) is 3.54. The second-order valence-corrected chi connectivity index (χ2v) is 7.24. The number of halogens is 1. The van der Waals surface area contributed by atoms with E-state index in [1.54, 1.807) is 21.9 Å². The second-order valence-electron chi connectivity index (χ2n) is 6.80. The van der Waals surface area contributed by atoms with E-state index in [0.717, 1.165) is 5.56 Å². The van der Waals surface area contributed by atoms with Gasteiger partial charge < -0.3 is 15.5 Å². The average molecular weight is 364 g/mol. The summed E-state index contributed by atoms with van der Waals surface area (Å²) in [4.78, 5) is 39.6. The van der Waals surface area contributed by atoms with Gasteiger partial charge >= 0.3 is 0 Å². The molecule has 3 amide bonds. The summed E-state index contributed by atoms with van der Waals surface area (Å²) in [5, 5.41) is 0.656. The molecule has 0 saturated carbocycles. The number of amides is 3. The third-order valence-electron chi connectivity index (χ3n) is 5.06. The minimum atomic E-state index is -0.301. The van der Waals surface area contributed by atoms with Gasteiger partial charge in [-0.2, -0.15) is 0 Å². The molecule has 2 saturated heterocycles. The van der Waals surface area contributed by atoms with Gasteiger partial charge in [-0.3, -0.25) is 14.4 Å². The van der Waals surface area contributed by atoms with Crippen LogP contribution in [0.1, 0.15) is 24.8 Å². The molecule has 2 heterocycles. The zero-order valence-electron chi connectivity index (χ0n) is 14.0. The van der Waals surface area contributed by atoms with Gasteiger partial charge in [0.25, 0.3) is 0 Å². The third kappa shape index (κ3) is 4.12. The van der Waals surface area contributed by atoms with Gasteiger partial charge in [0, 0.05) is 43.5 Å². The van der Waals surface area contributed by atoms with Crippen LogP contribution in [0.4, 0.5) is 0 Å². The standard InChI is InChI=1S/C18H22ClN3O3/c19-15-3-1-12(2-4-15)10-22-11-14(9-16(22)23)18(25)21-7-5-13(6-8-21)17(20)24/h1-4,13-14H,5-11H2,(H2,20,24)/t14-/m0/s1.